The van der Waals surface area contributed by atoms with Crippen LogP contribution in [-0.4, -0.2) is 58.1 Å². The Bertz CT molecular complexity index is 977. The number of ether oxygens (including phenoxy) is 1. The summed E-state index contributed by atoms with van der Waals surface area (Å²) in [6.07, 6.45) is 2.73. The molecule has 0 aromatic carbocycles. The number of halogens is 3. The van der Waals surface area contributed by atoms with E-state index in [-0.39, 0.29) is 24.8 Å². The standard InChI is InChI=1S/C26H35F3O5S2/c1-6-21(31)33-26(22(32)36-13-27)14(2)9-16-17-11-19(28)18-10-15(30)7-8-23(18,3)25(17,29)20(34-35-5)12-24(16,26)4/h7-8,10,14-17,19-20,30H,6,9,11-13H2,1-5H3/t14-,15?,16+,17+,19+,20+,23+,24+,25+,26+/m1/s1. The van der Waals surface area contributed by atoms with E-state index < -0.39 is 75.3 Å². The van der Waals surface area contributed by atoms with E-state index in [1.807, 2.05) is 0 Å². The fraction of sp³-hybridized carbons (Fsp3) is 0.769. The molecule has 0 saturated heterocycles. The summed E-state index contributed by atoms with van der Waals surface area (Å²) in [5.74, 6) is -2.51. The van der Waals surface area contributed by atoms with Crippen molar-refractivity contribution in [3.05, 3.63) is 23.8 Å². The second-order valence-electron chi connectivity index (χ2n) is 11.0. The molecule has 0 aromatic rings. The highest BCUT2D eigenvalue weighted by atomic mass is 32.2. The fourth-order valence-electron chi connectivity index (χ4n) is 7.93. The van der Waals surface area contributed by atoms with E-state index in [2.05, 4.69) is 0 Å². The van der Waals surface area contributed by atoms with Gasteiger partial charge in [0.05, 0.1) is 6.10 Å². The number of allylic oxidation sites excluding steroid dienone is 2. The highest BCUT2D eigenvalue weighted by Gasteiger charge is 2.78. The van der Waals surface area contributed by atoms with Gasteiger partial charge in [0.25, 0.3) is 0 Å². The molecule has 1 unspecified atom stereocenters. The lowest BCUT2D eigenvalue weighted by Gasteiger charge is -2.63. The van der Waals surface area contributed by atoms with Crippen LogP contribution in [0.25, 0.3) is 0 Å². The van der Waals surface area contributed by atoms with Crippen LogP contribution in [0.1, 0.15) is 53.4 Å². The number of hydrogen-bond acceptors (Lipinski definition) is 7. The van der Waals surface area contributed by atoms with Crippen molar-refractivity contribution in [1.29, 1.82) is 0 Å². The summed E-state index contributed by atoms with van der Waals surface area (Å²) in [4.78, 5) is 26.2. The lowest BCUT2D eigenvalue weighted by Crippen LogP contribution is -2.71. The molecule has 4 rings (SSSR count). The Kier molecular flexibility index (Phi) is 7.52. The minimum absolute atomic E-state index is 0.0237. The first-order valence-electron chi connectivity index (χ1n) is 12.4. The Morgan fingerprint density at radius 3 is 2.56 bits per heavy atom. The molecule has 4 aliphatic carbocycles. The topological polar surface area (TPSA) is 72.8 Å². The Hall–Kier alpha value is -0.970. The number of esters is 1. The molecule has 36 heavy (non-hydrogen) atoms. The summed E-state index contributed by atoms with van der Waals surface area (Å²) in [6, 6.07) is -0.981. The second kappa shape index (κ2) is 9.65. The zero-order valence-electron chi connectivity index (χ0n) is 21.3. The van der Waals surface area contributed by atoms with Gasteiger partial charge in [0.2, 0.25) is 5.12 Å². The molecule has 3 fully saturated rings. The molecule has 0 spiro atoms. The van der Waals surface area contributed by atoms with Crippen LogP contribution >= 0.6 is 23.8 Å². The Morgan fingerprint density at radius 1 is 1.25 bits per heavy atom. The smallest absolute Gasteiger partial charge is 0.306 e. The Balaban J connectivity index is 1.91. The lowest BCUT2D eigenvalue weighted by molar-refractivity contribution is -0.222. The molecule has 0 heterocycles. The number of rotatable bonds is 6. The van der Waals surface area contributed by atoms with Gasteiger partial charge in [-0.1, -0.05) is 32.9 Å². The summed E-state index contributed by atoms with van der Waals surface area (Å²) in [7, 11) is 0. The van der Waals surface area contributed by atoms with Crippen molar-refractivity contribution in [1.82, 2.24) is 0 Å². The zero-order valence-corrected chi connectivity index (χ0v) is 22.9. The molecular weight excluding hydrogens is 513 g/mol. The van der Waals surface area contributed by atoms with E-state index in [9.17, 15) is 19.1 Å². The third-order valence-corrected chi connectivity index (χ3v) is 10.6. The lowest BCUT2D eigenvalue weighted by atomic mass is 9.44. The van der Waals surface area contributed by atoms with Gasteiger partial charge in [0.15, 0.2) is 11.3 Å². The van der Waals surface area contributed by atoms with Gasteiger partial charge >= 0.3 is 5.97 Å². The molecule has 1 N–H and O–H groups in total. The summed E-state index contributed by atoms with van der Waals surface area (Å²) in [5.41, 5.74) is -6.01. The molecule has 5 nitrogen and oxygen atoms in total. The van der Waals surface area contributed by atoms with Gasteiger partial charge in [-0.2, -0.15) is 0 Å². The van der Waals surface area contributed by atoms with Gasteiger partial charge in [0.1, 0.15) is 18.3 Å². The number of aliphatic hydroxyl groups is 1. The average molecular weight is 549 g/mol. The monoisotopic (exact) mass is 548 g/mol. The maximum atomic E-state index is 17.8. The van der Waals surface area contributed by atoms with Crippen LogP contribution in [0.4, 0.5) is 13.2 Å². The molecule has 4 aliphatic rings. The van der Waals surface area contributed by atoms with Crippen molar-refractivity contribution in [3.63, 3.8) is 0 Å². The van der Waals surface area contributed by atoms with Crippen LogP contribution < -0.4 is 0 Å². The van der Waals surface area contributed by atoms with Gasteiger partial charge in [0, 0.05) is 35.3 Å². The molecule has 0 aliphatic heterocycles. The molecule has 3 saturated carbocycles. The van der Waals surface area contributed by atoms with Crippen molar-refractivity contribution in [3.8, 4) is 0 Å². The normalized spacial score (nSPS) is 47.4. The third-order valence-electron chi connectivity index (χ3n) is 9.51. The summed E-state index contributed by atoms with van der Waals surface area (Å²) in [6.45, 7) is 6.82. The highest BCUT2D eigenvalue weighted by Crippen LogP contribution is 2.72. The predicted octanol–water partition coefficient (Wildman–Crippen LogP) is 5.52. The van der Waals surface area contributed by atoms with Gasteiger partial charge in [-0.15, -0.1) is 0 Å². The Morgan fingerprint density at radius 2 is 1.94 bits per heavy atom. The van der Waals surface area contributed by atoms with Crippen LogP contribution in [-0.2, 0) is 18.5 Å². The minimum atomic E-state index is -2.05. The predicted molar refractivity (Wildman–Crippen MR) is 134 cm³/mol. The summed E-state index contributed by atoms with van der Waals surface area (Å²) >= 11 is 1.44. The Labute approximate surface area is 219 Å². The van der Waals surface area contributed by atoms with Crippen molar-refractivity contribution >= 4 is 34.9 Å². The summed E-state index contributed by atoms with van der Waals surface area (Å²) in [5, 5.41) is 9.54. The van der Waals surface area contributed by atoms with Crippen LogP contribution in [0.3, 0.4) is 0 Å². The minimum Gasteiger partial charge on any atom is -0.449 e. The van der Waals surface area contributed by atoms with E-state index in [4.69, 9.17) is 8.92 Å². The van der Waals surface area contributed by atoms with E-state index in [1.54, 1.807) is 40.0 Å². The number of thioether (sulfide) groups is 1. The number of fused-ring (bicyclic) bond motifs is 5. The zero-order chi connectivity index (χ0) is 26.7. The fourth-order valence-corrected chi connectivity index (χ4v) is 9.16. The van der Waals surface area contributed by atoms with Crippen LogP contribution in [0, 0.1) is 28.6 Å². The molecule has 0 bridgehead atoms. The van der Waals surface area contributed by atoms with Crippen molar-refractivity contribution in [2.24, 2.45) is 28.6 Å². The molecular formula is C26H35F3O5S2. The first-order valence-corrected chi connectivity index (χ1v) is 14.6. The quantitative estimate of drug-likeness (QED) is 0.266. The average Bonchev–Trinajstić information content (AvgIpc) is 3.04. The van der Waals surface area contributed by atoms with Gasteiger partial charge < -0.3 is 14.0 Å². The van der Waals surface area contributed by atoms with E-state index in [0.29, 0.717) is 18.2 Å². The molecule has 10 heteroatoms. The number of aliphatic hydroxyl groups excluding tert-OH is 1. The third kappa shape index (κ3) is 3.60. The van der Waals surface area contributed by atoms with Crippen LogP contribution in [0.15, 0.2) is 23.8 Å². The number of carbonyl (C=O) groups excluding carboxylic acids is 2. The van der Waals surface area contributed by atoms with E-state index in [0.717, 1.165) is 12.0 Å². The molecule has 202 valence electrons. The number of hydrogen-bond donors (Lipinski definition) is 1. The molecule has 0 radical (unpaired) electrons. The van der Waals surface area contributed by atoms with E-state index in [1.165, 1.54) is 12.2 Å². The summed E-state index contributed by atoms with van der Waals surface area (Å²) < 4.78 is 58.9. The van der Waals surface area contributed by atoms with E-state index >= 15 is 8.78 Å². The molecule has 0 aromatic heterocycles. The first kappa shape index (κ1) is 28.0. The van der Waals surface area contributed by atoms with Crippen LogP contribution in [0.2, 0.25) is 0 Å². The van der Waals surface area contributed by atoms with Gasteiger partial charge in [-0.25, -0.2) is 13.2 Å². The largest absolute Gasteiger partial charge is 0.449 e. The first-order chi connectivity index (χ1) is 16.9. The SMILES string of the molecule is CCC(=O)O[C@]1(C(=O)SCF)[C@H](C)C[C@H]2[C@@H]3C[C@H](F)C4=CC(O)C=C[C@]4(C)[C@@]3(F)[C@@H](OSC)C[C@@]21C. The molecule has 0 amide bonds. The molecule has 10 atom stereocenters. The highest BCUT2D eigenvalue weighted by molar-refractivity contribution is 8.13. The van der Waals surface area contributed by atoms with Crippen molar-refractivity contribution in [2.75, 3.05) is 12.3 Å². The van der Waals surface area contributed by atoms with Crippen molar-refractivity contribution in [2.45, 2.75) is 83.0 Å². The number of alkyl halides is 3. The van der Waals surface area contributed by atoms with Gasteiger partial charge in [-0.05, 0) is 67.6 Å². The number of carbonyl (C=O) groups is 2. The van der Waals surface area contributed by atoms with Crippen LogP contribution in [0.5, 0.6) is 0 Å². The van der Waals surface area contributed by atoms with Crippen molar-refractivity contribution < 1.29 is 36.8 Å². The van der Waals surface area contributed by atoms with Gasteiger partial charge in [-0.3, -0.25) is 9.59 Å². The maximum absolute atomic E-state index is 17.8. The second-order valence-corrected chi connectivity index (χ2v) is 12.4. The maximum Gasteiger partial charge on any atom is 0.306 e.